The Balaban J connectivity index is 2.51. The minimum absolute atomic E-state index is 0.162. The summed E-state index contributed by atoms with van der Waals surface area (Å²) < 4.78 is 0. The summed E-state index contributed by atoms with van der Waals surface area (Å²) in [6.07, 6.45) is 6.62. The van der Waals surface area contributed by atoms with Gasteiger partial charge in [0, 0.05) is 17.9 Å². The Morgan fingerprint density at radius 2 is 2.21 bits per heavy atom. The predicted octanol–water partition coefficient (Wildman–Crippen LogP) is 2.97. The lowest BCUT2D eigenvalue weighted by Gasteiger charge is -2.13. The summed E-state index contributed by atoms with van der Waals surface area (Å²) in [6.45, 7) is 4.23. The third-order valence-electron chi connectivity index (χ3n) is 2.57. The van der Waals surface area contributed by atoms with Gasteiger partial charge in [0.1, 0.15) is 0 Å². The zero-order valence-corrected chi connectivity index (χ0v) is 9.16. The van der Waals surface area contributed by atoms with E-state index < -0.39 is 0 Å². The Morgan fingerprint density at radius 3 is 2.86 bits per heavy atom. The van der Waals surface area contributed by atoms with Gasteiger partial charge < -0.3 is 5.73 Å². The molecule has 0 radical (unpaired) electrons. The molecule has 1 heterocycles. The van der Waals surface area contributed by atoms with Crippen LogP contribution in [0.5, 0.6) is 0 Å². The summed E-state index contributed by atoms with van der Waals surface area (Å²) in [4.78, 5) is 4.25. The zero-order chi connectivity index (χ0) is 10.4. The lowest BCUT2D eigenvalue weighted by atomic mass is 10.0. The van der Waals surface area contributed by atoms with Crippen molar-refractivity contribution in [3.63, 3.8) is 0 Å². The second-order valence-corrected chi connectivity index (χ2v) is 3.78. The molecule has 0 saturated heterocycles. The molecular formula is C12H20N2. The Bertz CT molecular complexity index is 271. The second-order valence-electron chi connectivity index (χ2n) is 3.78. The van der Waals surface area contributed by atoms with Crippen LogP contribution in [0.3, 0.4) is 0 Å². The molecule has 78 valence electrons. The zero-order valence-electron chi connectivity index (χ0n) is 9.16. The van der Waals surface area contributed by atoms with Crippen LogP contribution in [0.15, 0.2) is 18.3 Å². The van der Waals surface area contributed by atoms with Crippen LogP contribution in [0.2, 0.25) is 0 Å². The van der Waals surface area contributed by atoms with Crippen LogP contribution in [0.25, 0.3) is 0 Å². The summed E-state index contributed by atoms with van der Waals surface area (Å²) in [6, 6.07) is 4.20. The summed E-state index contributed by atoms with van der Waals surface area (Å²) in [5, 5.41) is 0. The molecule has 1 rings (SSSR count). The molecule has 2 heteroatoms. The van der Waals surface area contributed by atoms with Crippen molar-refractivity contribution in [3.8, 4) is 0 Å². The maximum Gasteiger partial charge on any atom is 0.0420 e. The van der Waals surface area contributed by atoms with Crippen LogP contribution in [0.4, 0.5) is 0 Å². The van der Waals surface area contributed by atoms with Crippen LogP contribution in [-0.4, -0.2) is 4.98 Å². The molecule has 2 N–H and O–H groups in total. The number of aryl methyl sites for hydroxylation is 1. The van der Waals surface area contributed by atoms with Gasteiger partial charge in [-0.2, -0.15) is 0 Å². The van der Waals surface area contributed by atoms with Gasteiger partial charge in [-0.05, 0) is 25.0 Å². The van der Waals surface area contributed by atoms with Crippen molar-refractivity contribution in [2.24, 2.45) is 5.73 Å². The summed E-state index contributed by atoms with van der Waals surface area (Å²) in [7, 11) is 0. The molecule has 1 aromatic rings. The van der Waals surface area contributed by atoms with Gasteiger partial charge in [0.2, 0.25) is 0 Å². The van der Waals surface area contributed by atoms with Crippen molar-refractivity contribution in [2.45, 2.75) is 45.6 Å². The van der Waals surface area contributed by atoms with E-state index in [1.54, 1.807) is 0 Å². The van der Waals surface area contributed by atoms with Gasteiger partial charge in [-0.3, -0.25) is 4.98 Å². The number of pyridine rings is 1. The second kappa shape index (κ2) is 5.76. The van der Waals surface area contributed by atoms with Crippen molar-refractivity contribution in [1.29, 1.82) is 0 Å². The fourth-order valence-corrected chi connectivity index (χ4v) is 1.66. The number of hydrogen-bond donors (Lipinski definition) is 1. The van der Waals surface area contributed by atoms with E-state index in [9.17, 15) is 0 Å². The number of hydrogen-bond acceptors (Lipinski definition) is 2. The van der Waals surface area contributed by atoms with E-state index in [4.69, 9.17) is 5.73 Å². The normalized spacial score (nSPS) is 12.8. The predicted molar refractivity (Wildman–Crippen MR) is 60.0 cm³/mol. The maximum absolute atomic E-state index is 6.10. The lowest BCUT2D eigenvalue weighted by Crippen LogP contribution is -2.12. The van der Waals surface area contributed by atoms with Crippen LogP contribution < -0.4 is 5.73 Å². The summed E-state index contributed by atoms with van der Waals surface area (Å²) in [5.41, 5.74) is 8.36. The van der Waals surface area contributed by atoms with Crippen LogP contribution >= 0.6 is 0 Å². The first-order valence-corrected chi connectivity index (χ1v) is 5.42. The van der Waals surface area contributed by atoms with Gasteiger partial charge in [0.05, 0.1) is 0 Å². The number of unbranched alkanes of at least 4 members (excludes halogenated alkanes) is 2. The number of nitrogens with two attached hydrogens (primary N) is 1. The lowest BCUT2D eigenvalue weighted by molar-refractivity contribution is 0.577. The summed E-state index contributed by atoms with van der Waals surface area (Å²) in [5.74, 6) is 0. The molecule has 14 heavy (non-hydrogen) atoms. The van der Waals surface area contributed by atoms with E-state index in [2.05, 4.69) is 18.0 Å². The van der Waals surface area contributed by atoms with Crippen molar-refractivity contribution in [3.05, 3.63) is 29.6 Å². The highest BCUT2D eigenvalue weighted by molar-refractivity contribution is 5.21. The van der Waals surface area contributed by atoms with Crippen molar-refractivity contribution in [2.75, 3.05) is 0 Å². The molecule has 0 amide bonds. The molecule has 0 spiro atoms. The fraction of sp³-hybridized carbons (Fsp3) is 0.583. The Labute approximate surface area is 86.5 Å². The molecule has 0 aromatic carbocycles. The average Bonchev–Trinajstić information content (AvgIpc) is 2.18. The third kappa shape index (κ3) is 3.11. The minimum atomic E-state index is 0.162. The van der Waals surface area contributed by atoms with Gasteiger partial charge >= 0.3 is 0 Å². The first kappa shape index (κ1) is 11.2. The molecule has 0 fully saturated rings. The van der Waals surface area contributed by atoms with Gasteiger partial charge in [0.25, 0.3) is 0 Å². The van der Waals surface area contributed by atoms with Crippen molar-refractivity contribution < 1.29 is 0 Å². The smallest absolute Gasteiger partial charge is 0.0420 e. The molecule has 0 aliphatic rings. The molecule has 1 aromatic heterocycles. The number of aromatic nitrogens is 1. The first-order chi connectivity index (χ1) is 6.75. The van der Waals surface area contributed by atoms with Crippen molar-refractivity contribution >= 4 is 0 Å². The number of nitrogens with zero attached hydrogens (tertiary/aromatic N) is 1. The van der Waals surface area contributed by atoms with Crippen LogP contribution in [0.1, 0.15) is 49.9 Å². The standard InChI is InChI=1S/C12H20N2/c1-3-4-5-8-12(13)11-7-6-9-14-10(11)2/h6-7,9,12H,3-5,8,13H2,1-2H3. The average molecular weight is 192 g/mol. The Kier molecular flexibility index (Phi) is 4.60. The van der Waals surface area contributed by atoms with E-state index in [1.165, 1.54) is 24.8 Å². The molecule has 1 atom stereocenters. The van der Waals surface area contributed by atoms with E-state index in [-0.39, 0.29) is 6.04 Å². The monoisotopic (exact) mass is 192 g/mol. The maximum atomic E-state index is 6.10. The van der Waals surface area contributed by atoms with Crippen LogP contribution in [-0.2, 0) is 0 Å². The summed E-state index contributed by atoms with van der Waals surface area (Å²) >= 11 is 0. The Hall–Kier alpha value is -0.890. The molecule has 0 saturated carbocycles. The highest BCUT2D eigenvalue weighted by atomic mass is 14.7. The van der Waals surface area contributed by atoms with E-state index in [0.29, 0.717) is 0 Å². The van der Waals surface area contributed by atoms with Gasteiger partial charge in [-0.25, -0.2) is 0 Å². The fourth-order valence-electron chi connectivity index (χ4n) is 1.66. The quantitative estimate of drug-likeness (QED) is 0.728. The van der Waals surface area contributed by atoms with E-state index >= 15 is 0 Å². The molecular weight excluding hydrogens is 172 g/mol. The topological polar surface area (TPSA) is 38.9 Å². The minimum Gasteiger partial charge on any atom is -0.324 e. The van der Waals surface area contributed by atoms with Crippen molar-refractivity contribution in [1.82, 2.24) is 4.98 Å². The highest BCUT2D eigenvalue weighted by Gasteiger charge is 2.07. The van der Waals surface area contributed by atoms with Crippen LogP contribution in [0, 0.1) is 6.92 Å². The molecule has 1 unspecified atom stereocenters. The Morgan fingerprint density at radius 1 is 1.43 bits per heavy atom. The van der Waals surface area contributed by atoms with E-state index in [1.807, 2.05) is 19.2 Å². The molecule has 0 aliphatic carbocycles. The van der Waals surface area contributed by atoms with Gasteiger partial charge in [-0.15, -0.1) is 0 Å². The molecule has 0 aliphatic heterocycles. The highest BCUT2D eigenvalue weighted by Crippen LogP contribution is 2.18. The largest absolute Gasteiger partial charge is 0.324 e. The first-order valence-electron chi connectivity index (χ1n) is 5.42. The van der Waals surface area contributed by atoms with E-state index in [0.717, 1.165) is 12.1 Å². The third-order valence-corrected chi connectivity index (χ3v) is 2.57. The molecule has 0 bridgehead atoms. The van der Waals surface area contributed by atoms with Gasteiger partial charge in [-0.1, -0.05) is 32.3 Å². The SMILES string of the molecule is CCCCCC(N)c1cccnc1C. The molecule has 2 nitrogen and oxygen atoms in total. The number of rotatable bonds is 5. The van der Waals surface area contributed by atoms with Gasteiger partial charge in [0.15, 0.2) is 0 Å².